The van der Waals surface area contributed by atoms with Crippen LogP contribution in [0.4, 0.5) is 0 Å². The van der Waals surface area contributed by atoms with E-state index in [1.165, 1.54) is 22.3 Å². The third kappa shape index (κ3) is 1.08. The Labute approximate surface area is 88.2 Å². The van der Waals surface area contributed by atoms with Crippen LogP contribution in [0.25, 0.3) is 16.6 Å². The lowest BCUT2D eigenvalue weighted by Crippen LogP contribution is -1.92. The second-order valence-electron chi connectivity index (χ2n) is 3.94. The number of fused-ring (bicyclic) bond motifs is 3. The third-order valence-corrected chi connectivity index (χ3v) is 2.87. The Morgan fingerprint density at radius 1 is 1.07 bits per heavy atom. The molecule has 0 unspecified atom stereocenters. The Hall–Kier alpha value is -1.83. The summed E-state index contributed by atoms with van der Waals surface area (Å²) in [6.07, 6.45) is 1.95. The molecule has 2 heterocycles. The molecular weight excluding hydrogens is 184 g/mol. The standard InChI is InChI=1S/C13H12N2/c1-9-7-10(2)15-12-6-4-3-5-11(12)14-8-13(9)15/h3-8H,1-2H3. The van der Waals surface area contributed by atoms with Gasteiger partial charge in [-0.05, 0) is 37.6 Å². The number of para-hydroxylation sites is 2. The lowest BCUT2D eigenvalue weighted by Gasteiger charge is -2.03. The molecule has 0 N–H and O–H groups in total. The summed E-state index contributed by atoms with van der Waals surface area (Å²) >= 11 is 0. The molecule has 3 aromatic rings. The second kappa shape index (κ2) is 2.83. The van der Waals surface area contributed by atoms with E-state index >= 15 is 0 Å². The second-order valence-corrected chi connectivity index (χ2v) is 3.94. The van der Waals surface area contributed by atoms with Crippen LogP contribution in [0.1, 0.15) is 11.3 Å². The molecule has 2 heteroatoms. The van der Waals surface area contributed by atoms with E-state index in [1.54, 1.807) is 0 Å². The third-order valence-electron chi connectivity index (χ3n) is 2.87. The number of aryl methyl sites for hydroxylation is 2. The van der Waals surface area contributed by atoms with Crippen molar-refractivity contribution < 1.29 is 0 Å². The molecule has 0 fully saturated rings. The summed E-state index contributed by atoms with van der Waals surface area (Å²) in [7, 11) is 0. The highest BCUT2D eigenvalue weighted by Gasteiger charge is 2.05. The van der Waals surface area contributed by atoms with Gasteiger partial charge in [0.15, 0.2) is 0 Å². The molecule has 74 valence electrons. The van der Waals surface area contributed by atoms with Crippen LogP contribution in [-0.2, 0) is 0 Å². The van der Waals surface area contributed by atoms with Crippen molar-refractivity contribution in [2.75, 3.05) is 0 Å². The van der Waals surface area contributed by atoms with Gasteiger partial charge >= 0.3 is 0 Å². The summed E-state index contributed by atoms with van der Waals surface area (Å²) in [6, 6.07) is 10.4. The van der Waals surface area contributed by atoms with Crippen molar-refractivity contribution in [3.8, 4) is 0 Å². The summed E-state index contributed by atoms with van der Waals surface area (Å²) in [5.74, 6) is 0. The van der Waals surface area contributed by atoms with Crippen LogP contribution in [-0.4, -0.2) is 9.38 Å². The Morgan fingerprint density at radius 3 is 2.73 bits per heavy atom. The fourth-order valence-corrected chi connectivity index (χ4v) is 2.19. The van der Waals surface area contributed by atoms with Crippen molar-refractivity contribution in [2.45, 2.75) is 13.8 Å². The molecule has 3 rings (SSSR count). The molecule has 0 atom stereocenters. The topological polar surface area (TPSA) is 17.3 Å². The van der Waals surface area contributed by atoms with Gasteiger partial charge in [-0.1, -0.05) is 12.1 Å². The van der Waals surface area contributed by atoms with Crippen LogP contribution in [0.5, 0.6) is 0 Å². The van der Waals surface area contributed by atoms with E-state index in [0.717, 1.165) is 5.52 Å². The summed E-state index contributed by atoms with van der Waals surface area (Å²) in [4.78, 5) is 4.46. The highest BCUT2D eigenvalue weighted by molar-refractivity contribution is 5.79. The molecule has 1 aromatic carbocycles. The maximum atomic E-state index is 4.46. The monoisotopic (exact) mass is 196 g/mol. The normalized spacial score (nSPS) is 11.3. The van der Waals surface area contributed by atoms with Gasteiger partial charge in [0.2, 0.25) is 0 Å². The largest absolute Gasteiger partial charge is 0.311 e. The first-order chi connectivity index (χ1) is 7.27. The summed E-state index contributed by atoms with van der Waals surface area (Å²) in [6.45, 7) is 4.26. The van der Waals surface area contributed by atoms with Gasteiger partial charge in [0.1, 0.15) is 0 Å². The zero-order valence-electron chi connectivity index (χ0n) is 8.86. The lowest BCUT2D eigenvalue weighted by molar-refractivity contribution is 1.14. The molecule has 0 aliphatic rings. The van der Waals surface area contributed by atoms with Crippen LogP contribution in [0.2, 0.25) is 0 Å². The average Bonchev–Trinajstić information content (AvgIpc) is 2.55. The first-order valence-corrected chi connectivity index (χ1v) is 5.10. The van der Waals surface area contributed by atoms with Gasteiger partial charge in [-0.25, -0.2) is 0 Å². The Morgan fingerprint density at radius 2 is 1.87 bits per heavy atom. The maximum absolute atomic E-state index is 4.46. The molecule has 0 bridgehead atoms. The first kappa shape index (κ1) is 8.48. The predicted molar refractivity (Wildman–Crippen MR) is 62.2 cm³/mol. The van der Waals surface area contributed by atoms with Gasteiger partial charge in [0, 0.05) is 5.69 Å². The van der Waals surface area contributed by atoms with Crippen molar-refractivity contribution in [3.05, 3.63) is 47.8 Å². The smallest absolute Gasteiger partial charge is 0.0870 e. The molecule has 0 aliphatic carbocycles. The minimum absolute atomic E-state index is 1.05. The van der Waals surface area contributed by atoms with Crippen molar-refractivity contribution in [1.29, 1.82) is 0 Å². The van der Waals surface area contributed by atoms with E-state index in [1.807, 2.05) is 18.3 Å². The Balaban J connectivity index is 2.64. The van der Waals surface area contributed by atoms with Crippen LogP contribution >= 0.6 is 0 Å². The van der Waals surface area contributed by atoms with E-state index in [0.29, 0.717) is 0 Å². The van der Waals surface area contributed by atoms with Crippen LogP contribution in [0, 0.1) is 13.8 Å². The molecule has 15 heavy (non-hydrogen) atoms. The van der Waals surface area contributed by atoms with Crippen molar-refractivity contribution in [2.24, 2.45) is 0 Å². The van der Waals surface area contributed by atoms with Crippen molar-refractivity contribution in [3.63, 3.8) is 0 Å². The van der Waals surface area contributed by atoms with Gasteiger partial charge in [0.25, 0.3) is 0 Å². The fraction of sp³-hybridized carbons (Fsp3) is 0.154. The first-order valence-electron chi connectivity index (χ1n) is 5.10. The average molecular weight is 196 g/mol. The fourth-order valence-electron chi connectivity index (χ4n) is 2.19. The predicted octanol–water partition coefficient (Wildman–Crippen LogP) is 3.10. The summed E-state index contributed by atoms with van der Waals surface area (Å²) in [5, 5.41) is 0. The van der Waals surface area contributed by atoms with Crippen molar-refractivity contribution >= 4 is 16.6 Å². The number of benzene rings is 1. The molecular formula is C13H12N2. The highest BCUT2D eigenvalue weighted by Crippen LogP contribution is 2.20. The van der Waals surface area contributed by atoms with Gasteiger partial charge in [-0.2, -0.15) is 0 Å². The van der Waals surface area contributed by atoms with E-state index in [2.05, 4.69) is 41.4 Å². The Bertz CT molecular complexity index is 650. The highest BCUT2D eigenvalue weighted by atomic mass is 14.9. The van der Waals surface area contributed by atoms with Gasteiger partial charge in [-0.3, -0.25) is 4.98 Å². The van der Waals surface area contributed by atoms with E-state index in [4.69, 9.17) is 0 Å². The van der Waals surface area contributed by atoms with Gasteiger partial charge < -0.3 is 4.40 Å². The molecule has 0 amide bonds. The SMILES string of the molecule is Cc1cc(C)n2c1cnc1ccccc12. The van der Waals surface area contributed by atoms with Gasteiger partial charge in [0.05, 0.1) is 22.7 Å². The minimum atomic E-state index is 1.05. The van der Waals surface area contributed by atoms with Crippen LogP contribution < -0.4 is 0 Å². The van der Waals surface area contributed by atoms with Crippen LogP contribution in [0.3, 0.4) is 0 Å². The maximum Gasteiger partial charge on any atom is 0.0870 e. The molecule has 0 radical (unpaired) electrons. The lowest BCUT2D eigenvalue weighted by atomic mass is 10.3. The number of aromatic nitrogens is 2. The summed E-state index contributed by atoms with van der Waals surface area (Å²) in [5.41, 5.74) is 5.97. The van der Waals surface area contributed by atoms with E-state index < -0.39 is 0 Å². The molecule has 0 saturated carbocycles. The van der Waals surface area contributed by atoms with E-state index in [9.17, 15) is 0 Å². The number of hydrogen-bond acceptors (Lipinski definition) is 1. The zero-order valence-corrected chi connectivity index (χ0v) is 8.86. The number of rotatable bonds is 0. The zero-order chi connectivity index (χ0) is 10.4. The summed E-state index contributed by atoms with van der Waals surface area (Å²) < 4.78 is 2.26. The molecule has 2 nitrogen and oxygen atoms in total. The van der Waals surface area contributed by atoms with E-state index in [-0.39, 0.29) is 0 Å². The number of hydrogen-bond donors (Lipinski definition) is 0. The van der Waals surface area contributed by atoms with Gasteiger partial charge in [-0.15, -0.1) is 0 Å². The van der Waals surface area contributed by atoms with Crippen molar-refractivity contribution in [1.82, 2.24) is 9.38 Å². The van der Waals surface area contributed by atoms with Crippen LogP contribution in [0.15, 0.2) is 36.5 Å². The molecule has 0 aliphatic heterocycles. The molecule has 2 aromatic heterocycles. The number of nitrogens with zero attached hydrogens (tertiary/aromatic N) is 2. The molecule has 0 saturated heterocycles. The minimum Gasteiger partial charge on any atom is -0.311 e. The molecule has 0 spiro atoms. The quantitative estimate of drug-likeness (QED) is 0.540. The Kier molecular flexibility index (Phi) is 1.60.